The van der Waals surface area contributed by atoms with Gasteiger partial charge in [0.25, 0.3) is 0 Å². The summed E-state index contributed by atoms with van der Waals surface area (Å²) < 4.78 is 45.7. The maximum Gasteiger partial charge on any atom is 0.573 e. The van der Waals surface area contributed by atoms with Gasteiger partial charge in [-0.2, -0.15) is 0 Å². The van der Waals surface area contributed by atoms with E-state index < -0.39 is 6.36 Å². The lowest BCUT2D eigenvalue weighted by Crippen LogP contribution is -2.23. The molecular weight excluding hydrogens is 361 g/mol. The van der Waals surface area contributed by atoms with Crippen LogP contribution in [0.1, 0.15) is 30.9 Å². The summed E-state index contributed by atoms with van der Waals surface area (Å²) in [5.41, 5.74) is 1.53. The number of nitrogens with one attached hydrogen (secondary N) is 1. The molecule has 1 aromatic carbocycles. The Hall–Kier alpha value is -2.77. The van der Waals surface area contributed by atoms with E-state index in [1.807, 2.05) is 13.0 Å². The summed E-state index contributed by atoms with van der Waals surface area (Å²) in [7, 11) is 0. The molecule has 0 bridgehead atoms. The molecule has 27 heavy (non-hydrogen) atoms. The fourth-order valence-electron chi connectivity index (χ4n) is 2.29. The third-order valence-electron chi connectivity index (χ3n) is 3.57. The summed E-state index contributed by atoms with van der Waals surface area (Å²) in [5.74, 6) is 0.0442. The van der Waals surface area contributed by atoms with Crippen molar-refractivity contribution in [1.82, 2.24) is 10.3 Å². The summed E-state index contributed by atoms with van der Waals surface area (Å²) in [6.45, 7) is 2.84. The highest BCUT2D eigenvalue weighted by Crippen LogP contribution is 2.23. The molecule has 0 saturated carbocycles. The SMILES string of the molecule is CCCOc1ncccc1CNC(=O)CCc1ccc(OC(F)(F)F)cc1. The van der Waals surface area contributed by atoms with E-state index in [1.54, 1.807) is 12.3 Å². The number of rotatable bonds is 9. The van der Waals surface area contributed by atoms with Gasteiger partial charge in [-0.1, -0.05) is 25.1 Å². The van der Waals surface area contributed by atoms with Crippen LogP contribution in [0.5, 0.6) is 11.6 Å². The molecule has 0 atom stereocenters. The van der Waals surface area contributed by atoms with Crippen molar-refractivity contribution in [2.45, 2.75) is 39.1 Å². The number of carbonyl (C=O) groups is 1. The third kappa shape index (κ3) is 7.55. The molecule has 2 rings (SSSR count). The van der Waals surface area contributed by atoms with Crippen LogP contribution in [0.2, 0.25) is 0 Å². The summed E-state index contributed by atoms with van der Waals surface area (Å²) in [5, 5.41) is 2.80. The molecule has 0 saturated heterocycles. The van der Waals surface area contributed by atoms with Crippen LogP contribution in [0.15, 0.2) is 42.6 Å². The van der Waals surface area contributed by atoms with Gasteiger partial charge in [0.15, 0.2) is 0 Å². The van der Waals surface area contributed by atoms with E-state index in [-0.39, 0.29) is 18.1 Å². The van der Waals surface area contributed by atoms with Crippen LogP contribution in [-0.2, 0) is 17.8 Å². The Kier molecular flexibility index (Phi) is 7.45. The van der Waals surface area contributed by atoms with Crippen molar-refractivity contribution in [2.75, 3.05) is 6.61 Å². The number of ether oxygens (including phenoxy) is 2. The van der Waals surface area contributed by atoms with Gasteiger partial charge in [0, 0.05) is 24.7 Å². The van der Waals surface area contributed by atoms with Gasteiger partial charge in [0.05, 0.1) is 6.61 Å². The minimum Gasteiger partial charge on any atom is -0.477 e. The zero-order valence-corrected chi connectivity index (χ0v) is 14.9. The third-order valence-corrected chi connectivity index (χ3v) is 3.57. The highest BCUT2D eigenvalue weighted by atomic mass is 19.4. The Balaban J connectivity index is 1.80. The first-order chi connectivity index (χ1) is 12.9. The number of benzene rings is 1. The largest absolute Gasteiger partial charge is 0.573 e. The van der Waals surface area contributed by atoms with Crippen molar-refractivity contribution in [3.63, 3.8) is 0 Å². The van der Waals surface area contributed by atoms with E-state index >= 15 is 0 Å². The summed E-state index contributed by atoms with van der Waals surface area (Å²) in [6.07, 6.45) is -1.61. The second-order valence-corrected chi connectivity index (χ2v) is 5.78. The van der Waals surface area contributed by atoms with Crippen molar-refractivity contribution in [3.05, 3.63) is 53.7 Å². The molecule has 0 aliphatic heterocycles. The van der Waals surface area contributed by atoms with Gasteiger partial charge in [-0.3, -0.25) is 4.79 Å². The molecule has 146 valence electrons. The van der Waals surface area contributed by atoms with Crippen molar-refractivity contribution in [2.24, 2.45) is 0 Å². The van der Waals surface area contributed by atoms with Gasteiger partial charge < -0.3 is 14.8 Å². The molecule has 0 aliphatic rings. The number of pyridine rings is 1. The predicted molar refractivity (Wildman–Crippen MR) is 93.3 cm³/mol. The smallest absolute Gasteiger partial charge is 0.477 e. The van der Waals surface area contributed by atoms with Crippen LogP contribution >= 0.6 is 0 Å². The highest BCUT2D eigenvalue weighted by Gasteiger charge is 2.30. The zero-order chi connectivity index (χ0) is 19.7. The quantitative estimate of drug-likeness (QED) is 0.712. The minimum absolute atomic E-state index is 0.170. The average molecular weight is 382 g/mol. The number of hydrogen-bond donors (Lipinski definition) is 1. The van der Waals surface area contributed by atoms with Crippen molar-refractivity contribution in [1.29, 1.82) is 0 Å². The number of nitrogens with zero attached hydrogens (tertiary/aromatic N) is 1. The molecule has 1 aromatic heterocycles. The summed E-state index contributed by atoms with van der Waals surface area (Å²) >= 11 is 0. The van der Waals surface area contributed by atoms with Crippen molar-refractivity contribution < 1.29 is 27.4 Å². The van der Waals surface area contributed by atoms with Crippen LogP contribution < -0.4 is 14.8 Å². The van der Waals surface area contributed by atoms with Gasteiger partial charge in [-0.25, -0.2) is 4.98 Å². The maximum atomic E-state index is 12.1. The van der Waals surface area contributed by atoms with Gasteiger partial charge in [0.2, 0.25) is 11.8 Å². The topological polar surface area (TPSA) is 60.5 Å². The number of aromatic nitrogens is 1. The Morgan fingerprint density at radius 1 is 1.19 bits per heavy atom. The van der Waals surface area contributed by atoms with E-state index in [2.05, 4.69) is 15.0 Å². The number of amides is 1. The number of carbonyl (C=O) groups excluding carboxylic acids is 1. The molecule has 0 spiro atoms. The molecule has 0 radical (unpaired) electrons. The number of aryl methyl sites for hydroxylation is 1. The zero-order valence-electron chi connectivity index (χ0n) is 14.9. The summed E-state index contributed by atoms with van der Waals surface area (Å²) in [6, 6.07) is 9.07. The number of hydrogen-bond acceptors (Lipinski definition) is 4. The molecule has 1 N–H and O–H groups in total. The standard InChI is InChI=1S/C19H21F3N2O3/c1-2-12-26-18-15(4-3-11-23-18)13-24-17(25)10-7-14-5-8-16(9-6-14)27-19(20,21)22/h3-6,8-9,11H,2,7,10,12-13H2,1H3,(H,24,25). The van der Waals surface area contributed by atoms with E-state index in [0.29, 0.717) is 25.5 Å². The lowest BCUT2D eigenvalue weighted by Gasteiger charge is -2.11. The monoisotopic (exact) mass is 382 g/mol. The Labute approximate surface area is 155 Å². The Morgan fingerprint density at radius 2 is 1.93 bits per heavy atom. The molecule has 0 unspecified atom stereocenters. The molecule has 2 aromatic rings. The number of alkyl halides is 3. The second kappa shape index (κ2) is 9.80. The fraction of sp³-hybridized carbons (Fsp3) is 0.368. The second-order valence-electron chi connectivity index (χ2n) is 5.78. The Bertz CT molecular complexity index is 734. The molecule has 0 aliphatic carbocycles. The van der Waals surface area contributed by atoms with Crippen molar-refractivity contribution in [3.8, 4) is 11.6 Å². The first-order valence-electron chi connectivity index (χ1n) is 8.55. The molecule has 5 nitrogen and oxygen atoms in total. The van der Waals surface area contributed by atoms with E-state index in [0.717, 1.165) is 17.5 Å². The van der Waals surface area contributed by atoms with E-state index in [9.17, 15) is 18.0 Å². The maximum absolute atomic E-state index is 12.1. The fourth-order valence-corrected chi connectivity index (χ4v) is 2.29. The van der Waals surface area contributed by atoms with Crippen LogP contribution in [0, 0.1) is 0 Å². The normalized spacial score (nSPS) is 11.1. The van der Waals surface area contributed by atoms with Gasteiger partial charge in [-0.05, 0) is 36.6 Å². The minimum atomic E-state index is -4.71. The lowest BCUT2D eigenvalue weighted by atomic mass is 10.1. The summed E-state index contributed by atoms with van der Waals surface area (Å²) in [4.78, 5) is 16.2. The highest BCUT2D eigenvalue weighted by molar-refractivity contribution is 5.76. The first kappa shape index (κ1) is 20.5. The molecule has 1 heterocycles. The molecular formula is C19H21F3N2O3. The average Bonchev–Trinajstić information content (AvgIpc) is 2.63. The van der Waals surface area contributed by atoms with Gasteiger partial charge >= 0.3 is 6.36 Å². The van der Waals surface area contributed by atoms with E-state index in [1.165, 1.54) is 24.3 Å². The molecule has 0 fully saturated rings. The lowest BCUT2D eigenvalue weighted by molar-refractivity contribution is -0.274. The first-order valence-corrected chi connectivity index (χ1v) is 8.55. The van der Waals surface area contributed by atoms with Gasteiger partial charge in [-0.15, -0.1) is 13.2 Å². The predicted octanol–water partition coefficient (Wildman–Crippen LogP) is 4.02. The Morgan fingerprint density at radius 3 is 2.59 bits per heavy atom. The van der Waals surface area contributed by atoms with Crippen LogP contribution in [0.4, 0.5) is 13.2 Å². The molecule has 1 amide bonds. The van der Waals surface area contributed by atoms with Crippen molar-refractivity contribution >= 4 is 5.91 Å². The van der Waals surface area contributed by atoms with Crippen LogP contribution in [-0.4, -0.2) is 23.9 Å². The van der Waals surface area contributed by atoms with E-state index in [4.69, 9.17) is 4.74 Å². The van der Waals surface area contributed by atoms with Gasteiger partial charge in [0.1, 0.15) is 5.75 Å². The van der Waals surface area contributed by atoms with Crippen LogP contribution in [0.25, 0.3) is 0 Å². The number of halogens is 3. The van der Waals surface area contributed by atoms with Crippen LogP contribution in [0.3, 0.4) is 0 Å². The molecule has 8 heteroatoms.